The molecule has 1 aromatic rings. The maximum absolute atomic E-state index is 11.1. The molecule has 0 aliphatic rings. The zero-order valence-corrected chi connectivity index (χ0v) is 12.3. The van der Waals surface area contributed by atoms with Crippen LogP contribution in [0.5, 0.6) is 5.75 Å². The molecule has 4 nitrogen and oxygen atoms in total. The zero-order valence-electron chi connectivity index (χ0n) is 10.8. The standard InChI is InChI=1S/C13H19BrN2O2/c1-3-6-18-12-5-4-11(14)7-10(12)8-16-9-13(17)15-2/h4-5,7,16H,3,6,8-9H2,1-2H3,(H,15,17). The molecule has 0 aliphatic heterocycles. The lowest BCUT2D eigenvalue weighted by Gasteiger charge is -2.12. The van der Waals surface area contributed by atoms with E-state index < -0.39 is 0 Å². The number of nitrogens with one attached hydrogen (secondary N) is 2. The molecule has 0 fully saturated rings. The van der Waals surface area contributed by atoms with Crippen LogP contribution >= 0.6 is 15.9 Å². The van der Waals surface area contributed by atoms with E-state index in [1.165, 1.54) is 0 Å². The zero-order chi connectivity index (χ0) is 13.4. The van der Waals surface area contributed by atoms with Gasteiger partial charge in [0, 0.05) is 23.6 Å². The molecule has 0 radical (unpaired) electrons. The van der Waals surface area contributed by atoms with Crippen molar-refractivity contribution in [2.24, 2.45) is 0 Å². The fourth-order valence-electron chi connectivity index (χ4n) is 1.44. The molecule has 0 heterocycles. The Bertz CT molecular complexity index is 397. The van der Waals surface area contributed by atoms with E-state index in [-0.39, 0.29) is 5.91 Å². The number of likely N-dealkylation sites (N-methyl/N-ethyl adjacent to an activating group) is 1. The van der Waals surface area contributed by atoms with Crippen molar-refractivity contribution in [3.05, 3.63) is 28.2 Å². The van der Waals surface area contributed by atoms with E-state index >= 15 is 0 Å². The first-order valence-electron chi connectivity index (χ1n) is 6.00. The fraction of sp³-hybridized carbons (Fsp3) is 0.462. The van der Waals surface area contributed by atoms with E-state index in [2.05, 4.69) is 33.5 Å². The monoisotopic (exact) mass is 314 g/mol. The Kier molecular flexibility index (Phi) is 6.75. The molecule has 5 heteroatoms. The van der Waals surface area contributed by atoms with Crippen molar-refractivity contribution in [1.82, 2.24) is 10.6 Å². The number of halogens is 1. The molecule has 100 valence electrons. The van der Waals surface area contributed by atoms with Crippen molar-refractivity contribution < 1.29 is 9.53 Å². The van der Waals surface area contributed by atoms with E-state index in [1.54, 1.807) is 7.05 Å². The predicted octanol–water partition coefficient (Wildman–Crippen LogP) is 2.07. The molecule has 0 bridgehead atoms. The Labute approximate surface area is 116 Å². The van der Waals surface area contributed by atoms with E-state index in [1.807, 2.05) is 18.2 Å². The summed E-state index contributed by atoms with van der Waals surface area (Å²) in [6.07, 6.45) is 0.973. The second-order valence-corrected chi connectivity index (χ2v) is 4.79. The Morgan fingerprint density at radius 1 is 1.44 bits per heavy atom. The molecule has 18 heavy (non-hydrogen) atoms. The van der Waals surface area contributed by atoms with Crippen LogP contribution in [-0.4, -0.2) is 26.1 Å². The Morgan fingerprint density at radius 2 is 2.22 bits per heavy atom. The highest BCUT2D eigenvalue weighted by Gasteiger charge is 2.05. The average molecular weight is 315 g/mol. The van der Waals surface area contributed by atoms with Gasteiger partial charge in [0.25, 0.3) is 0 Å². The second-order valence-electron chi connectivity index (χ2n) is 3.88. The lowest BCUT2D eigenvalue weighted by Crippen LogP contribution is -2.31. The van der Waals surface area contributed by atoms with E-state index in [9.17, 15) is 4.79 Å². The third-order valence-corrected chi connectivity index (χ3v) is 2.86. The smallest absolute Gasteiger partial charge is 0.233 e. The number of carbonyl (C=O) groups is 1. The van der Waals surface area contributed by atoms with Crippen LogP contribution in [-0.2, 0) is 11.3 Å². The molecular weight excluding hydrogens is 296 g/mol. The van der Waals surface area contributed by atoms with Crippen molar-refractivity contribution in [1.29, 1.82) is 0 Å². The van der Waals surface area contributed by atoms with Gasteiger partial charge in [0.05, 0.1) is 13.2 Å². The summed E-state index contributed by atoms with van der Waals surface area (Å²) >= 11 is 3.44. The van der Waals surface area contributed by atoms with Gasteiger partial charge in [-0.05, 0) is 24.6 Å². The summed E-state index contributed by atoms with van der Waals surface area (Å²) in [5.41, 5.74) is 1.04. The lowest BCUT2D eigenvalue weighted by atomic mass is 10.2. The van der Waals surface area contributed by atoms with Crippen LogP contribution in [0.4, 0.5) is 0 Å². The van der Waals surface area contributed by atoms with Gasteiger partial charge < -0.3 is 15.4 Å². The highest BCUT2D eigenvalue weighted by Crippen LogP contribution is 2.23. The van der Waals surface area contributed by atoms with Crippen molar-refractivity contribution in [2.75, 3.05) is 20.2 Å². The van der Waals surface area contributed by atoms with Crippen molar-refractivity contribution >= 4 is 21.8 Å². The highest BCUT2D eigenvalue weighted by molar-refractivity contribution is 9.10. The Morgan fingerprint density at radius 3 is 2.89 bits per heavy atom. The van der Waals surface area contributed by atoms with Crippen LogP contribution in [0.15, 0.2) is 22.7 Å². The molecule has 0 saturated heterocycles. The molecule has 0 saturated carbocycles. The van der Waals surface area contributed by atoms with Crippen molar-refractivity contribution in [2.45, 2.75) is 19.9 Å². The summed E-state index contributed by atoms with van der Waals surface area (Å²) in [6, 6.07) is 5.89. The molecule has 0 unspecified atom stereocenters. The molecule has 1 rings (SSSR count). The first-order chi connectivity index (χ1) is 8.67. The molecule has 0 spiro atoms. The summed E-state index contributed by atoms with van der Waals surface area (Å²) in [4.78, 5) is 11.1. The second kappa shape index (κ2) is 8.11. The number of hydrogen-bond acceptors (Lipinski definition) is 3. The maximum Gasteiger partial charge on any atom is 0.233 e. The summed E-state index contributed by atoms with van der Waals surface area (Å²) in [5, 5.41) is 5.65. The van der Waals surface area contributed by atoms with Gasteiger partial charge in [0.15, 0.2) is 0 Å². The van der Waals surface area contributed by atoms with Crippen LogP contribution in [0.25, 0.3) is 0 Å². The van der Waals surface area contributed by atoms with Crippen LogP contribution in [0.2, 0.25) is 0 Å². The van der Waals surface area contributed by atoms with Gasteiger partial charge in [-0.3, -0.25) is 4.79 Å². The van der Waals surface area contributed by atoms with Gasteiger partial charge in [-0.15, -0.1) is 0 Å². The van der Waals surface area contributed by atoms with Gasteiger partial charge in [0.2, 0.25) is 5.91 Å². The van der Waals surface area contributed by atoms with E-state index in [0.717, 1.165) is 22.2 Å². The molecular formula is C13H19BrN2O2. The SMILES string of the molecule is CCCOc1ccc(Br)cc1CNCC(=O)NC. The topological polar surface area (TPSA) is 50.4 Å². The Balaban J connectivity index is 2.60. The number of benzene rings is 1. The van der Waals surface area contributed by atoms with E-state index in [4.69, 9.17) is 4.74 Å². The maximum atomic E-state index is 11.1. The minimum Gasteiger partial charge on any atom is -0.493 e. The number of amides is 1. The molecule has 0 aromatic heterocycles. The van der Waals surface area contributed by atoms with Gasteiger partial charge in [-0.1, -0.05) is 22.9 Å². The van der Waals surface area contributed by atoms with Crippen LogP contribution < -0.4 is 15.4 Å². The first kappa shape index (κ1) is 15.0. The van der Waals surface area contributed by atoms with Crippen molar-refractivity contribution in [3.63, 3.8) is 0 Å². The summed E-state index contributed by atoms with van der Waals surface area (Å²) in [7, 11) is 1.62. The fourth-order valence-corrected chi connectivity index (χ4v) is 1.85. The predicted molar refractivity (Wildman–Crippen MR) is 75.7 cm³/mol. The molecule has 0 aliphatic carbocycles. The molecule has 1 aromatic carbocycles. The molecule has 2 N–H and O–H groups in total. The number of hydrogen-bond donors (Lipinski definition) is 2. The highest BCUT2D eigenvalue weighted by atomic mass is 79.9. The minimum atomic E-state index is -0.0268. The number of rotatable bonds is 7. The summed E-state index contributed by atoms with van der Waals surface area (Å²) in [5.74, 6) is 0.838. The van der Waals surface area contributed by atoms with Gasteiger partial charge in [-0.25, -0.2) is 0 Å². The number of carbonyl (C=O) groups excluding carboxylic acids is 1. The molecule has 0 atom stereocenters. The van der Waals surface area contributed by atoms with Crippen molar-refractivity contribution in [3.8, 4) is 5.75 Å². The third kappa shape index (κ3) is 5.06. The van der Waals surface area contributed by atoms with Gasteiger partial charge in [0.1, 0.15) is 5.75 Å². The summed E-state index contributed by atoms with van der Waals surface area (Å²) in [6.45, 7) is 3.68. The molecule has 1 amide bonds. The van der Waals surface area contributed by atoms with Crippen LogP contribution in [0.3, 0.4) is 0 Å². The third-order valence-electron chi connectivity index (χ3n) is 2.36. The quantitative estimate of drug-likeness (QED) is 0.810. The first-order valence-corrected chi connectivity index (χ1v) is 6.79. The van der Waals surface area contributed by atoms with Gasteiger partial charge >= 0.3 is 0 Å². The Hall–Kier alpha value is -1.07. The van der Waals surface area contributed by atoms with Crippen LogP contribution in [0, 0.1) is 0 Å². The largest absolute Gasteiger partial charge is 0.493 e. The summed E-state index contributed by atoms with van der Waals surface area (Å²) < 4.78 is 6.67. The van der Waals surface area contributed by atoms with Gasteiger partial charge in [-0.2, -0.15) is 0 Å². The lowest BCUT2D eigenvalue weighted by molar-refractivity contribution is -0.119. The average Bonchev–Trinajstić information content (AvgIpc) is 2.37. The van der Waals surface area contributed by atoms with E-state index in [0.29, 0.717) is 19.7 Å². The normalized spacial score (nSPS) is 10.2. The number of ether oxygens (including phenoxy) is 1. The van der Waals surface area contributed by atoms with Crippen LogP contribution in [0.1, 0.15) is 18.9 Å². The minimum absolute atomic E-state index is 0.0268.